The highest BCUT2D eigenvalue weighted by Crippen LogP contribution is 2.16. The van der Waals surface area contributed by atoms with Crippen molar-refractivity contribution in [3.05, 3.63) is 0 Å². The molecular weight excluding hydrogens is 132 g/mol. The van der Waals surface area contributed by atoms with E-state index < -0.39 is 5.72 Å². The lowest BCUT2D eigenvalue weighted by Crippen LogP contribution is -2.47. The predicted octanol–water partition coefficient (Wildman–Crippen LogP) is 0.0366. The Hall–Kier alpha value is -0.610. The van der Waals surface area contributed by atoms with Crippen LogP contribution in [0, 0.1) is 0 Å². The van der Waals surface area contributed by atoms with Crippen LogP contribution in [-0.2, 0) is 4.84 Å². The van der Waals surface area contributed by atoms with E-state index in [9.17, 15) is 5.11 Å². The summed E-state index contributed by atoms with van der Waals surface area (Å²) in [5.74, 6) is 0.600. The number of rotatable bonds is 0. The lowest BCUT2D eigenvalue weighted by atomic mass is 10.1. The van der Waals surface area contributed by atoms with Gasteiger partial charge in [-0.3, -0.25) is 10.3 Å². The lowest BCUT2D eigenvalue weighted by molar-refractivity contribution is -0.119. The van der Waals surface area contributed by atoms with Crippen LogP contribution >= 0.6 is 0 Å². The van der Waals surface area contributed by atoms with Crippen LogP contribution in [0.2, 0.25) is 0 Å². The molecule has 0 saturated heterocycles. The molecular formula is C6H12N2O2. The van der Waals surface area contributed by atoms with Crippen molar-refractivity contribution in [2.24, 2.45) is 4.99 Å². The summed E-state index contributed by atoms with van der Waals surface area (Å²) in [6.07, 6.45) is -0.309. The minimum absolute atomic E-state index is 0.309. The number of amidine groups is 1. The number of hydroxylamine groups is 1. The summed E-state index contributed by atoms with van der Waals surface area (Å²) in [5.41, 5.74) is 1.49. The molecule has 58 valence electrons. The average molecular weight is 144 g/mol. The van der Waals surface area contributed by atoms with Gasteiger partial charge in [-0.25, -0.2) is 4.99 Å². The lowest BCUT2D eigenvalue weighted by Gasteiger charge is -2.30. The Morgan fingerprint density at radius 2 is 2.40 bits per heavy atom. The Morgan fingerprint density at radius 3 is 2.80 bits per heavy atom. The third kappa shape index (κ3) is 1.27. The molecule has 1 aliphatic heterocycles. The number of hydrogen-bond donors (Lipinski definition) is 2. The third-order valence-electron chi connectivity index (χ3n) is 1.55. The molecule has 4 nitrogen and oxygen atoms in total. The molecule has 0 spiro atoms. The zero-order valence-corrected chi connectivity index (χ0v) is 6.38. The summed E-state index contributed by atoms with van der Waals surface area (Å²) in [6, 6.07) is 0. The standard InChI is InChI=1S/C6H12N2O2/c1-4-6(3,9)7-5(2)8-10-4/h4,9H,1-3H3,(H,7,8). The van der Waals surface area contributed by atoms with Gasteiger partial charge in [0.25, 0.3) is 0 Å². The van der Waals surface area contributed by atoms with Crippen molar-refractivity contribution in [3.8, 4) is 0 Å². The number of aliphatic hydroxyl groups is 1. The molecule has 10 heavy (non-hydrogen) atoms. The summed E-state index contributed by atoms with van der Waals surface area (Å²) in [6.45, 7) is 5.10. The molecule has 2 unspecified atom stereocenters. The van der Waals surface area contributed by atoms with Gasteiger partial charge < -0.3 is 5.11 Å². The molecule has 0 aromatic carbocycles. The molecule has 0 aromatic rings. The molecule has 0 fully saturated rings. The van der Waals surface area contributed by atoms with Crippen LogP contribution in [0.15, 0.2) is 4.99 Å². The fourth-order valence-electron chi connectivity index (χ4n) is 0.739. The molecule has 0 aliphatic carbocycles. The first-order valence-corrected chi connectivity index (χ1v) is 3.23. The first kappa shape index (κ1) is 7.50. The minimum atomic E-state index is -1.09. The largest absolute Gasteiger partial charge is 0.367 e. The molecule has 0 bridgehead atoms. The van der Waals surface area contributed by atoms with Crippen LogP contribution in [0.25, 0.3) is 0 Å². The minimum Gasteiger partial charge on any atom is -0.367 e. The van der Waals surface area contributed by atoms with E-state index in [0.717, 1.165) is 0 Å². The monoisotopic (exact) mass is 144 g/mol. The van der Waals surface area contributed by atoms with Gasteiger partial charge in [-0.1, -0.05) is 0 Å². The molecule has 0 amide bonds. The van der Waals surface area contributed by atoms with Gasteiger partial charge in [0.1, 0.15) is 11.9 Å². The van der Waals surface area contributed by atoms with Gasteiger partial charge in [0.2, 0.25) is 0 Å². The Balaban J connectivity index is 2.79. The summed E-state index contributed by atoms with van der Waals surface area (Å²) < 4.78 is 0. The van der Waals surface area contributed by atoms with E-state index in [1.165, 1.54) is 0 Å². The zero-order valence-electron chi connectivity index (χ0n) is 6.38. The van der Waals surface area contributed by atoms with Crippen molar-refractivity contribution >= 4 is 5.84 Å². The van der Waals surface area contributed by atoms with Crippen LogP contribution in [0.3, 0.4) is 0 Å². The van der Waals surface area contributed by atoms with Crippen LogP contribution in [0.5, 0.6) is 0 Å². The number of aliphatic imine (C=N–C) groups is 1. The van der Waals surface area contributed by atoms with E-state index >= 15 is 0 Å². The third-order valence-corrected chi connectivity index (χ3v) is 1.55. The van der Waals surface area contributed by atoms with E-state index in [2.05, 4.69) is 10.5 Å². The van der Waals surface area contributed by atoms with Crippen molar-refractivity contribution in [1.29, 1.82) is 0 Å². The van der Waals surface area contributed by atoms with Crippen molar-refractivity contribution < 1.29 is 9.94 Å². The molecule has 1 rings (SSSR count). The van der Waals surface area contributed by atoms with Crippen molar-refractivity contribution in [2.75, 3.05) is 0 Å². The normalized spacial score (nSPS) is 40.4. The number of nitrogens with zero attached hydrogens (tertiary/aromatic N) is 1. The molecule has 0 radical (unpaired) electrons. The van der Waals surface area contributed by atoms with E-state index in [0.29, 0.717) is 5.84 Å². The summed E-state index contributed by atoms with van der Waals surface area (Å²) in [4.78, 5) is 8.91. The van der Waals surface area contributed by atoms with Crippen LogP contribution in [-0.4, -0.2) is 22.8 Å². The van der Waals surface area contributed by atoms with Gasteiger partial charge in [0.15, 0.2) is 5.72 Å². The first-order chi connectivity index (χ1) is 4.52. The van der Waals surface area contributed by atoms with Gasteiger partial charge in [-0.05, 0) is 20.8 Å². The van der Waals surface area contributed by atoms with E-state index in [-0.39, 0.29) is 6.10 Å². The maximum Gasteiger partial charge on any atom is 0.183 e. The summed E-state index contributed by atoms with van der Waals surface area (Å²) in [7, 11) is 0. The molecule has 0 aromatic heterocycles. The average Bonchev–Trinajstić information content (AvgIpc) is 1.78. The van der Waals surface area contributed by atoms with Gasteiger partial charge in [-0.15, -0.1) is 0 Å². The Kier molecular flexibility index (Phi) is 1.66. The highest BCUT2D eigenvalue weighted by atomic mass is 16.7. The van der Waals surface area contributed by atoms with Crippen LogP contribution in [0.4, 0.5) is 0 Å². The van der Waals surface area contributed by atoms with Crippen LogP contribution < -0.4 is 5.48 Å². The maximum atomic E-state index is 9.46. The number of hydrogen-bond acceptors (Lipinski definition) is 4. The number of nitrogens with one attached hydrogen (secondary N) is 1. The SMILES string of the molecule is CC1=NC(C)(O)C(C)ON1. The summed E-state index contributed by atoms with van der Waals surface area (Å²) in [5, 5.41) is 9.46. The van der Waals surface area contributed by atoms with Crippen molar-refractivity contribution in [3.63, 3.8) is 0 Å². The second kappa shape index (κ2) is 2.21. The van der Waals surface area contributed by atoms with Crippen LogP contribution in [0.1, 0.15) is 20.8 Å². The van der Waals surface area contributed by atoms with Crippen molar-refractivity contribution in [2.45, 2.75) is 32.6 Å². The van der Waals surface area contributed by atoms with Gasteiger partial charge in [0, 0.05) is 0 Å². The second-order valence-corrected chi connectivity index (χ2v) is 2.65. The Labute approximate surface area is 59.9 Å². The topological polar surface area (TPSA) is 53.9 Å². The fraction of sp³-hybridized carbons (Fsp3) is 0.833. The Morgan fingerprint density at radius 1 is 1.80 bits per heavy atom. The molecule has 2 N–H and O–H groups in total. The van der Waals surface area contributed by atoms with Gasteiger partial charge in [-0.2, -0.15) is 0 Å². The Bertz CT molecular complexity index is 165. The van der Waals surface area contributed by atoms with Crippen molar-refractivity contribution in [1.82, 2.24) is 5.48 Å². The zero-order chi connectivity index (χ0) is 7.78. The molecule has 2 atom stereocenters. The molecule has 1 aliphatic rings. The highest BCUT2D eigenvalue weighted by Gasteiger charge is 2.32. The smallest absolute Gasteiger partial charge is 0.183 e. The molecule has 1 heterocycles. The van der Waals surface area contributed by atoms with E-state index in [4.69, 9.17) is 4.84 Å². The molecule has 4 heteroatoms. The second-order valence-electron chi connectivity index (χ2n) is 2.65. The first-order valence-electron chi connectivity index (χ1n) is 3.23. The highest BCUT2D eigenvalue weighted by molar-refractivity contribution is 5.79. The van der Waals surface area contributed by atoms with Gasteiger partial charge >= 0.3 is 0 Å². The summed E-state index contributed by atoms with van der Waals surface area (Å²) >= 11 is 0. The quantitative estimate of drug-likeness (QED) is 0.504. The molecule has 0 saturated carbocycles. The predicted molar refractivity (Wildman–Crippen MR) is 37.4 cm³/mol. The van der Waals surface area contributed by atoms with Gasteiger partial charge in [0.05, 0.1) is 0 Å². The van der Waals surface area contributed by atoms with E-state index in [1.807, 2.05) is 0 Å². The fourth-order valence-corrected chi connectivity index (χ4v) is 0.739. The van der Waals surface area contributed by atoms with E-state index in [1.54, 1.807) is 20.8 Å². The maximum absolute atomic E-state index is 9.46.